The summed E-state index contributed by atoms with van der Waals surface area (Å²) in [7, 11) is 0. The summed E-state index contributed by atoms with van der Waals surface area (Å²) in [4.78, 5) is 75.7. The normalized spacial score (nSPS) is 39.1. The van der Waals surface area contributed by atoms with Gasteiger partial charge in [0.05, 0.1) is 18.6 Å². The van der Waals surface area contributed by atoms with Crippen LogP contribution in [-0.4, -0.2) is 92.1 Å². The second-order valence-electron chi connectivity index (χ2n) is 24.2. The molecule has 10 rings (SSSR count). The number of aryl methyl sites for hydroxylation is 1. The van der Waals surface area contributed by atoms with Gasteiger partial charge in [0.2, 0.25) is 11.6 Å². The van der Waals surface area contributed by atoms with E-state index in [0.29, 0.717) is 74.7 Å². The summed E-state index contributed by atoms with van der Waals surface area (Å²) in [5, 5.41) is 46.5. The van der Waals surface area contributed by atoms with Crippen LogP contribution in [-0.2, 0) is 51.1 Å². The van der Waals surface area contributed by atoms with Gasteiger partial charge < -0.3 is 41.4 Å². The number of aliphatic hydroxyl groups is 4. The zero-order valence-electron chi connectivity index (χ0n) is 43.0. The number of Topliss-reactive ketones (excluding diaryl/α,β-unsaturated/α-hetero) is 2. The highest BCUT2D eigenvalue weighted by Gasteiger charge is 2.70. The SMILES string of the molecule is CC12CCC(=O)C=C1CCC1C2C(O)CC2(C)C1CCC2(O)C(=O)COC(=O)CCc1ccccc1N.CC12CCC(=O)C=C1CCC1C2C(O)CC2(C)C1CCC2(O)C(=O)COC(=O)Cc1ccccc1N. The largest absolute Gasteiger partial charge is 0.458 e. The van der Waals surface area contributed by atoms with Crippen molar-refractivity contribution < 1.29 is 58.7 Å². The molecule has 0 heterocycles. The Morgan fingerprint density at radius 3 is 1.47 bits per heavy atom. The average Bonchev–Trinajstić information content (AvgIpc) is 3.78. The Kier molecular flexibility index (Phi) is 14.2. The fraction of sp³-hybridized carbons (Fsp3) is 0.627. The number of benzene rings is 2. The van der Waals surface area contributed by atoms with Crippen LogP contribution in [0.15, 0.2) is 71.8 Å². The first-order valence-corrected chi connectivity index (χ1v) is 26.8. The molecule has 2 aromatic carbocycles. The van der Waals surface area contributed by atoms with Crippen LogP contribution in [0.1, 0.15) is 135 Å². The zero-order valence-corrected chi connectivity index (χ0v) is 43.0. The lowest BCUT2D eigenvalue weighted by molar-refractivity contribution is -0.184. The van der Waals surface area contributed by atoms with Gasteiger partial charge in [-0.15, -0.1) is 0 Å². The molecule has 6 fully saturated rings. The Bertz CT molecular complexity index is 2630. The molecule has 0 amide bonds. The molecule has 8 aliphatic rings. The zero-order chi connectivity index (χ0) is 52.5. The number of hydrogen-bond acceptors (Lipinski definition) is 14. The van der Waals surface area contributed by atoms with Crippen LogP contribution in [0.2, 0.25) is 0 Å². The molecule has 0 bridgehead atoms. The van der Waals surface area contributed by atoms with Gasteiger partial charge in [-0.05, 0) is 165 Å². The predicted molar refractivity (Wildman–Crippen MR) is 272 cm³/mol. The second kappa shape index (κ2) is 19.6. The maximum atomic E-state index is 13.4. The molecule has 0 aromatic heterocycles. The van der Waals surface area contributed by atoms with E-state index in [0.717, 1.165) is 55.2 Å². The van der Waals surface area contributed by atoms with Crippen LogP contribution < -0.4 is 11.5 Å². The van der Waals surface area contributed by atoms with E-state index in [4.69, 9.17) is 20.9 Å². The van der Waals surface area contributed by atoms with Gasteiger partial charge in [-0.3, -0.25) is 28.8 Å². The summed E-state index contributed by atoms with van der Waals surface area (Å²) in [6.07, 6.45) is 11.1. The number of nitrogens with two attached hydrogens (primary N) is 2. The second-order valence-corrected chi connectivity index (χ2v) is 24.2. The van der Waals surface area contributed by atoms with E-state index in [1.165, 1.54) is 0 Å². The van der Waals surface area contributed by atoms with Crippen molar-refractivity contribution in [1.82, 2.24) is 0 Å². The fourth-order valence-corrected chi connectivity index (χ4v) is 16.8. The third kappa shape index (κ3) is 8.93. The van der Waals surface area contributed by atoms with Crippen LogP contribution in [0.4, 0.5) is 11.4 Å². The number of para-hydroxylation sites is 2. The third-order valence-corrected chi connectivity index (χ3v) is 20.8. The Labute approximate surface area is 428 Å². The standard InChI is InChI=1S/C30H39NO6.C29H37NO6/c1-28-13-11-20(32)15-19(28)8-9-21-22-12-14-30(36,29(22,2)16-24(33)27(21)28)25(34)17-37-26(35)10-7-18-5-3-4-6-23(18)31;1-27-11-9-19(31)14-18(27)7-8-20-21-10-12-29(35,28(21,2)15-23(32)26(20)27)24(33)16-36-25(34)13-17-5-3-4-6-22(17)30/h3-6,15,21-22,24,27,33,36H,7-14,16-17,31H2,1-2H3;3-6,14,20-21,23,26,32,35H,7-13,15-16,30H2,1-2H3. The van der Waals surface area contributed by atoms with Gasteiger partial charge in [0.1, 0.15) is 11.2 Å². The van der Waals surface area contributed by atoms with Crippen molar-refractivity contribution in [3.05, 3.63) is 83.0 Å². The van der Waals surface area contributed by atoms with Gasteiger partial charge in [0, 0.05) is 41.5 Å². The minimum atomic E-state index is -1.66. The van der Waals surface area contributed by atoms with Crippen molar-refractivity contribution in [3.63, 3.8) is 0 Å². The van der Waals surface area contributed by atoms with Crippen LogP contribution >= 0.6 is 0 Å². The van der Waals surface area contributed by atoms with Gasteiger partial charge >= 0.3 is 11.9 Å². The molecule has 14 nitrogen and oxygen atoms in total. The number of fused-ring (bicyclic) bond motifs is 10. The molecule has 6 saturated carbocycles. The molecule has 73 heavy (non-hydrogen) atoms. The minimum absolute atomic E-state index is 0.00952. The predicted octanol–water partition coefficient (Wildman–Crippen LogP) is 6.70. The first kappa shape index (κ1) is 52.8. The number of aliphatic hydroxyl groups excluding tert-OH is 2. The van der Waals surface area contributed by atoms with Crippen LogP contribution in [0.5, 0.6) is 0 Å². The van der Waals surface area contributed by atoms with Gasteiger partial charge in [0.15, 0.2) is 24.8 Å². The molecule has 2 aromatic rings. The molecule has 0 radical (unpaired) electrons. The highest BCUT2D eigenvalue weighted by molar-refractivity contribution is 5.93. The number of ketones is 4. The number of esters is 2. The quantitative estimate of drug-likeness (QED) is 0.101. The minimum Gasteiger partial charge on any atom is -0.458 e. The van der Waals surface area contributed by atoms with Crippen molar-refractivity contribution >= 4 is 46.4 Å². The van der Waals surface area contributed by atoms with Gasteiger partial charge in [-0.1, -0.05) is 75.2 Å². The highest BCUT2D eigenvalue weighted by Crippen LogP contribution is 2.69. The number of carbonyl (C=O) groups is 6. The number of hydrogen-bond donors (Lipinski definition) is 6. The number of rotatable bonds is 11. The van der Waals surface area contributed by atoms with Gasteiger partial charge in [0.25, 0.3) is 0 Å². The molecule has 8 aliphatic carbocycles. The first-order chi connectivity index (χ1) is 34.5. The van der Waals surface area contributed by atoms with E-state index < -0.39 is 71.0 Å². The van der Waals surface area contributed by atoms with Crippen molar-refractivity contribution in [2.24, 2.45) is 57.2 Å². The Morgan fingerprint density at radius 1 is 0.589 bits per heavy atom. The summed E-state index contributed by atoms with van der Waals surface area (Å²) in [6, 6.07) is 14.3. The average molecular weight is 1010 g/mol. The molecular weight excluding hydrogens is 929 g/mol. The number of nitrogen functional groups attached to an aromatic ring is 2. The molecule has 0 spiro atoms. The molecule has 14 atom stereocenters. The van der Waals surface area contributed by atoms with E-state index in [-0.39, 0.29) is 70.7 Å². The Hall–Kier alpha value is -5.02. The monoisotopic (exact) mass is 1000 g/mol. The lowest BCUT2D eigenvalue weighted by atomic mass is 9.45. The van der Waals surface area contributed by atoms with Crippen molar-refractivity contribution in [1.29, 1.82) is 0 Å². The lowest BCUT2D eigenvalue weighted by Crippen LogP contribution is -2.62. The van der Waals surface area contributed by atoms with Crippen molar-refractivity contribution in [3.8, 4) is 0 Å². The van der Waals surface area contributed by atoms with Gasteiger partial charge in [-0.25, -0.2) is 0 Å². The van der Waals surface area contributed by atoms with Crippen molar-refractivity contribution in [2.45, 2.75) is 160 Å². The smallest absolute Gasteiger partial charge is 0.310 e. The molecule has 0 saturated heterocycles. The molecule has 8 N–H and O–H groups in total. The van der Waals surface area contributed by atoms with Crippen molar-refractivity contribution in [2.75, 3.05) is 24.7 Å². The van der Waals surface area contributed by atoms with Gasteiger partial charge in [-0.2, -0.15) is 0 Å². The Morgan fingerprint density at radius 2 is 1.01 bits per heavy atom. The summed E-state index contributed by atoms with van der Waals surface area (Å²) < 4.78 is 10.6. The lowest BCUT2D eigenvalue weighted by Gasteiger charge is -2.60. The number of ether oxygens (including phenoxy) is 2. The van der Waals surface area contributed by atoms with E-state index in [1.54, 1.807) is 42.5 Å². The molecule has 14 heteroatoms. The maximum Gasteiger partial charge on any atom is 0.310 e. The number of allylic oxidation sites excluding steroid dienone is 2. The summed E-state index contributed by atoms with van der Waals surface area (Å²) >= 11 is 0. The third-order valence-electron chi connectivity index (χ3n) is 20.8. The topological polar surface area (TPSA) is 254 Å². The Balaban J connectivity index is 0.000000180. The summed E-state index contributed by atoms with van der Waals surface area (Å²) in [6.45, 7) is 7.24. The van der Waals surface area contributed by atoms with Crippen LogP contribution in [0.3, 0.4) is 0 Å². The van der Waals surface area contributed by atoms with E-state index >= 15 is 0 Å². The highest BCUT2D eigenvalue weighted by atomic mass is 16.5. The summed E-state index contributed by atoms with van der Waals surface area (Å²) in [5.41, 5.74) is 11.4. The van der Waals surface area contributed by atoms with Crippen LogP contribution in [0, 0.1) is 57.2 Å². The van der Waals surface area contributed by atoms with E-state index in [1.807, 2.05) is 32.0 Å². The number of anilines is 2. The molecule has 14 unspecified atom stereocenters. The van der Waals surface area contributed by atoms with Crippen LogP contribution in [0.25, 0.3) is 0 Å². The fourth-order valence-electron chi connectivity index (χ4n) is 16.8. The molecule has 0 aliphatic heterocycles. The maximum absolute atomic E-state index is 13.4. The van der Waals surface area contributed by atoms with E-state index in [2.05, 4.69) is 13.8 Å². The first-order valence-electron chi connectivity index (χ1n) is 26.8. The number of carbonyl (C=O) groups excluding carboxylic acids is 6. The molecular formula is C59H76N2O12. The molecule has 394 valence electrons. The van der Waals surface area contributed by atoms with E-state index in [9.17, 15) is 49.2 Å². The summed E-state index contributed by atoms with van der Waals surface area (Å²) in [5.74, 6) is -1.20.